The normalized spacial score (nSPS) is 19.8. The van der Waals surface area contributed by atoms with Gasteiger partial charge in [-0.1, -0.05) is 24.3 Å². The van der Waals surface area contributed by atoms with E-state index in [-0.39, 0.29) is 19.3 Å². The molecule has 1 aromatic rings. The summed E-state index contributed by atoms with van der Waals surface area (Å²) in [5, 5.41) is 18.2. The topological polar surface area (TPSA) is 52.9 Å². The fourth-order valence-corrected chi connectivity index (χ4v) is 2.53. The minimum absolute atomic E-state index is 0.0618. The number of nitrogens with zero attached hydrogens (tertiary/aromatic N) is 1. The Kier molecular flexibility index (Phi) is 5.13. The van der Waals surface area contributed by atoms with Crippen molar-refractivity contribution >= 4 is 0 Å². The van der Waals surface area contributed by atoms with E-state index in [0.29, 0.717) is 13.2 Å². The minimum atomic E-state index is 0.0618. The molecule has 0 saturated heterocycles. The smallest absolute Gasteiger partial charge is 0.0698 e. The number of ether oxygens (including phenoxy) is 1. The summed E-state index contributed by atoms with van der Waals surface area (Å²) in [5.41, 5.74) is 2.57. The van der Waals surface area contributed by atoms with Crippen molar-refractivity contribution in [1.82, 2.24) is 4.90 Å². The second-order valence-corrected chi connectivity index (χ2v) is 4.52. The fraction of sp³-hybridized carbons (Fsp3) is 0.571. The first-order chi connectivity index (χ1) is 8.86. The summed E-state index contributed by atoms with van der Waals surface area (Å²) < 4.78 is 5.29. The molecule has 2 N–H and O–H groups in total. The van der Waals surface area contributed by atoms with E-state index in [9.17, 15) is 5.11 Å². The highest BCUT2D eigenvalue weighted by molar-refractivity contribution is 5.32. The van der Waals surface area contributed by atoms with Crippen molar-refractivity contribution in [3.8, 4) is 0 Å². The molecule has 2 rings (SSSR count). The predicted molar refractivity (Wildman–Crippen MR) is 69.5 cm³/mol. The average Bonchev–Trinajstić information content (AvgIpc) is 2.43. The zero-order valence-electron chi connectivity index (χ0n) is 10.6. The first-order valence-corrected chi connectivity index (χ1v) is 6.48. The molecule has 1 aliphatic rings. The van der Waals surface area contributed by atoms with Crippen molar-refractivity contribution in [3.63, 3.8) is 0 Å². The summed E-state index contributed by atoms with van der Waals surface area (Å²) >= 11 is 0. The molecule has 1 unspecified atom stereocenters. The molecule has 1 heterocycles. The van der Waals surface area contributed by atoms with Crippen LogP contribution in [0, 0.1) is 0 Å². The van der Waals surface area contributed by atoms with Gasteiger partial charge in [0, 0.05) is 13.1 Å². The molecular weight excluding hydrogens is 230 g/mol. The molecule has 4 heteroatoms. The third-order valence-corrected chi connectivity index (χ3v) is 3.45. The molecule has 100 valence electrons. The Morgan fingerprint density at radius 3 is 2.83 bits per heavy atom. The first kappa shape index (κ1) is 13.5. The zero-order valence-corrected chi connectivity index (χ0v) is 10.6. The van der Waals surface area contributed by atoms with E-state index >= 15 is 0 Å². The van der Waals surface area contributed by atoms with E-state index in [1.54, 1.807) is 0 Å². The number of hydrogen-bond donors (Lipinski definition) is 2. The van der Waals surface area contributed by atoms with Crippen molar-refractivity contribution in [2.24, 2.45) is 0 Å². The van der Waals surface area contributed by atoms with Crippen LogP contribution < -0.4 is 0 Å². The van der Waals surface area contributed by atoms with E-state index in [1.165, 1.54) is 11.1 Å². The molecule has 18 heavy (non-hydrogen) atoms. The average molecular weight is 251 g/mol. The van der Waals surface area contributed by atoms with E-state index in [0.717, 1.165) is 19.5 Å². The van der Waals surface area contributed by atoms with Gasteiger partial charge in [-0.05, 0) is 17.5 Å². The maximum absolute atomic E-state index is 9.59. The lowest BCUT2D eigenvalue weighted by atomic mass is 9.93. The summed E-state index contributed by atoms with van der Waals surface area (Å²) in [7, 11) is 0. The van der Waals surface area contributed by atoms with Crippen LogP contribution in [0.25, 0.3) is 0 Å². The summed E-state index contributed by atoms with van der Waals surface area (Å²) in [6.45, 7) is 2.92. The Labute approximate surface area is 108 Å². The van der Waals surface area contributed by atoms with E-state index in [1.807, 2.05) is 12.1 Å². The Morgan fingerprint density at radius 1 is 1.22 bits per heavy atom. The van der Waals surface area contributed by atoms with Crippen LogP contribution in [0.4, 0.5) is 0 Å². The number of hydrogen-bond acceptors (Lipinski definition) is 4. The van der Waals surface area contributed by atoms with Gasteiger partial charge in [0.2, 0.25) is 0 Å². The highest BCUT2D eigenvalue weighted by Gasteiger charge is 2.25. The molecule has 4 nitrogen and oxygen atoms in total. The van der Waals surface area contributed by atoms with Gasteiger partial charge in [-0.3, -0.25) is 4.90 Å². The van der Waals surface area contributed by atoms with Crippen LogP contribution in [-0.2, 0) is 11.2 Å². The van der Waals surface area contributed by atoms with Gasteiger partial charge in [-0.2, -0.15) is 0 Å². The third kappa shape index (κ3) is 3.09. The maximum atomic E-state index is 9.59. The Bertz CT molecular complexity index is 370. The lowest BCUT2D eigenvalue weighted by Gasteiger charge is -2.36. The van der Waals surface area contributed by atoms with Crippen molar-refractivity contribution in [2.45, 2.75) is 12.5 Å². The summed E-state index contributed by atoms with van der Waals surface area (Å²) in [5.74, 6) is 0. The molecule has 0 fully saturated rings. The highest BCUT2D eigenvalue weighted by atomic mass is 16.5. The molecule has 0 radical (unpaired) electrons. The molecule has 0 aliphatic carbocycles. The lowest BCUT2D eigenvalue weighted by molar-refractivity contribution is 0.0475. The monoisotopic (exact) mass is 251 g/mol. The summed E-state index contributed by atoms with van der Waals surface area (Å²) in [6, 6.07) is 8.38. The van der Waals surface area contributed by atoms with Crippen LogP contribution in [-0.4, -0.2) is 54.6 Å². The molecule has 0 bridgehead atoms. The molecular formula is C14H21NO3. The predicted octanol–water partition coefficient (Wildman–Crippen LogP) is 0.587. The van der Waals surface area contributed by atoms with Crippen LogP contribution in [0.5, 0.6) is 0 Å². The molecule has 1 aromatic carbocycles. The minimum Gasteiger partial charge on any atom is -0.394 e. The molecule has 0 aromatic heterocycles. The first-order valence-electron chi connectivity index (χ1n) is 6.48. The SMILES string of the molecule is OCCOCCN1CCc2ccccc2C1CO. The van der Waals surface area contributed by atoms with Crippen LogP contribution in [0.2, 0.25) is 0 Å². The van der Waals surface area contributed by atoms with E-state index in [4.69, 9.17) is 9.84 Å². The van der Waals surface area contributed by atoms with Crippen LogP contribution >= 0.6 is 0 Å². The van der Waals surface area contributed by atoms with Crippen LogP contribution in [0.15, 0.2) is 24.3 Å². The van der Waals surface area contributed by atoms with E-state index < -0.39 is 0 Å². The van der Waals surface area contributed by atoms with Gasteiger partial charge in [0.1, 0.15) is 0 Å². The number of aliphatic hydroxyl groups excluding tert-OH is 2. The second-order valence-electron chi connectivity index (χ2n) is 4.52. The number of benzene rings is 1. The number of fused-ring (bicyclic) bond motifs is 1. The van der Waals surface area contributed by atoms with Crippen molar-refractivity contribution in [2.75, 3.05) is 39.5 Å². The van der Waals surface area contributed by atoms with Gasteiger partial charge < -0.3 is 14.9 Å². The Balaban J connectivity index is 1.97. The number of rotatable bonds is 6. The van der Waals surface area contributed by atoms with Gasteiger partial charge >= 0.3 is 0 Å². The van der Waals surface area contributed by atoms with Gasteiger partial charge in [0.05, 0.1) is 32.5 Å². The molecule has 0 amide bonds. The Hall–Kier alpha value is -0.940. The van der Waals surface area contributed by atoms with Crippen molar-refractivity contribution < 1.29 is 14.9 Å². The van der Waals surface area contributed by atoms with Gasteiger partial charge in [0.25, 0.3) is 0 Å². The molecule has 1 atom stereocenters. The van der Waals surface area contributed by atoms with Gasteiger partial charge in [0.15, 0.2) is 0 Å². The van der Waals surface area contributed by atoms with E-state index in [2.05, 4.69) is 17.0 Å². The lowest BCUT2D eigenvalue weighted by Crippen LogP contribution is -2.39. The largest absolute Gasteiger partial charge is 0.394 e. The third-order valence-electron chi connectivity index (χ3n) is 3.45. The fourth-order valence-electron chi connectivity index (χ4n) is 2.53. The molecule has 0 saturated carbocycles. The van der Waals surface area contributed by atoms with Crippen LogP contribution in [0.3, 0.4) is 0 Å². The molecule has 0 spiro atoms. The van der Waals surface area contributed by atoms with Crippen LogP contribution in [0.1, 0.15) is 17.2 Å². The maximum Gasteiger partial charge on any atom is 0.0698 e. The van der Waals surface area contributed by atoms with Crippen molar-refractivity contribution in [3.05, 3.63) is 35.4 Å². The highest BCUT2D eigenvalue weighted by Crippen LogP contribution is 2.28. The quantitative estimate of drug-likeness (QED) is 0.727. The van der Waals surface area contributed by atoms with Crippen molar-refractivity contribution in [1.29, 1.82) is 0 Å². The summed E-state index contributed by atoms with van der Waals surface area (Å²) in [6.07, 6.45) is 1.02. The Morgan fingerprint density at radius 2 is 2.06 bits per heavy atom. The van der Waals surface area contributed by atoms with Gasteiger partial charge in [-0.25, -0.2) is 0 Å². The summed E-state index contributed by atoms with van der Waals surface area (Å²) in [4.78, 5) is 2.25. The van der Waals surface area contributed by atoms with Gasteiger partial charge in [-0.15, -0.1) is 0 Å². The number of aliphatic hydroxyl groups is 2. The zero-order chi connectivity index (χ0) is 12.8. The second kappa shape index (κ2) is 6.85. The molecule has 1 aliphatic heterocycles. The standard InChI is InChI=1S/C14H21NO3/c16-8-10-18-9-7-15-6-5-12-3-1-2-4-13(12)14(15)11-17/h1-4,14,16-17H,5-11H2.